The van der Waals surface area contributed by atoms with Gasteiger partial charge >= 0.3 is 6.61 Å². The summed E-state index contributed by atoms with van der Waals surface area (Å²) in [6, 6.07) is 9.95. The van der Waals surface area contributed by atoms with Crippen molar-refractivity contribution >= 4 is 5.91 Å². The fourth-order valence-electron chi connectivity index (χ4n) is 3.11. The molecule has 0 fully saturated rings. The van der Waals surface area contributed by atoms with Crippen molar-refractivity contribution < 1.29 is 32.5 Å². The number of amides is 1. The Morgan fingerprint density at radius 1 is 1.00 bits per heavy atom. The zero-order chi connectivity index (χ0) is 22.8. The number of rotatable bonds is 12. The van der Waals surface area contributed by atoms with Gasteiger partial charge in [0.1, 0.15) is 0 Å². The normalized spacial score (nSPS) is 10.7. The van der Waals surface area contributed by atoms with Gasteiger partial charge in [0.2, 0.25) is 0 Å². The van der Waals surface area contributed by atoms with Crippen LogP contribution < -0.4 is 18.9 Å². The van der Waals surface area contributed by atoms with Crippen LogP contribution in [-0.2, 0) is 6.54 Å². The molecule has 0 N–H and O–H groups in total. The van der Waals surface area contributed by atoms with E-state index in [1.54, 1.807) is 24.1 Å². The second-order valence-corrected chi connectivity index (χ2v) is 6.78. The lowest BCUT2D eigenvalue weighted by Gasteiger charge is -2.24. The summed E-state index contributed by atoms with van der Waals surface area (Å²) < 4.78 is 46.7. The van der Waals surface area contributed by atoms with Gasteiger partial charge < -0.3 is 23.8 Å². The maximum atomic E-state index is 13.3. The lowest BCUT2D eigenvalue weighted by atomic mass is 10.1. The number of nitrogens with zero attached hydrogens (tertiary/aromatic N) is 1. The minimum absolute atomic E-state index is 0.0166. The molecule has 0 saturated heterocycles. The quantitative estimate of drug-likeness (QED) is 0.460. The number of hydrogen-bond donors (Lipinski definition) is 0. The summed E-state index contributed by atoms with van der Waals surface area (Å²) in [6.07, 6.45) is 1.56. The van der Waals surface area contributed by atoms with Crippen LogP contribution in [0, 0.1) is 0 Å². The molecule has 2 aromatic carbocycles. The topological polar surface area (TPSA) is 57.2 Å². The number of para-hydroxylation sites is 1. The molecule has 0 spiro atoms. The molecule has 0 aliphatic rings. The maximum Gasteiger partial charge on any atom is 0.387 e. The van der Waals surface area contributed by atoms with Gasteiger partial charge in [0.05, 0.1) is 26.4 Å². The molecular formula is C23H29F2NO5. The molecule has 1 amide bonds. The zero-order valence-corrected chi connectivity index (χ0v) is 18.3. The number of benzene rings is 2. The number of ether oxygens (including phenoxy) is 4. The molecule has 8 heteroatoms. The van der Waals surface area contributed by atoms with Crippen LogP contribution in [0.15, 0.2) is 36.4 Å². The first kappa shape index (κ1) is 24.2. The summed E-state index contributed by atoms with van der Waals surface area (Å²) in [6.45, 7) is 2.13. The van der Waals surface area contributed by atoms with Crippen LogP contribution in [0.3, 0.4) is 0 Å². The second-order valence-electron chi connectivity index (χ2n) is 6.78. The van der Waals surface area contributed by atoms with E-state index in [1.165, 1.54) is 19.2 Å². The predicted molar refractivity (Wildman–Crippen MR) is 113 cm³/mol. The molecule has 0 unspecified atom stereocenters. The van der Waals surface area contributed by atoms with E-state index < -0.39 is 12.5 Å². The first-order valence-electron chi connectivity index (χ1n) is 10.2. The minimum atomic E-state index is -3.08. The van der Waals surface area contributed by atoms with Gasteiger partial charge in [0.25, 0.3) is 5.91 Å². The van der Waals surface area contributed by atoms with Gasteiger partial charge in [-0.3, -0.25) is 4.79 Å². The third-order valence-electron chi connectivity index (χ3n) is 4.48. The second kappa shape index (κ2) is 12.0. The highest BCUT2D eigenvalue weighted by atomic mass is 19.3. The summed E-state index contributed by atoms with van der Waals surface area (Å²) in [5.74, 6) is 0.565. The highest BCUT2D eigenvalue weighted by Gasteiger charge is 2.24. The van der Waals surface area contributed by atoms with Crippen LogP contribution in [0.25, 0.3) is 0 Å². The number of carbonyl (C=O) groups is 1. The van der Waals surface area contributed by atoms with Crippen LogP contribution in [0.4, 0.5) is 8.78 Å². The van der Waals surface area contributed by atoms with Crippen molar-refractivity contribution in [1.82, 2.24) is 4.90 Å². The molecule has 170 valence electrons. The largest absolute Gasteiger partial charge is 0.493 e. The Labute approximate surface area is 181 Å². The van der Waals surface area contributed by atoms with Crippen LogP contribution in [0.2, 0.25) is 0 Å². The third kappa shape index (κ3) is 6.47. The molecule has 6 nitrogen and oxygen atoms in total. The molecule has 0 aliphatic carbocycles. The molecule has 2 rings (SSSR count). The first-order valence-corrected chi connectivity index (χ1v) is 10.2. The van der Waals surface area contributed by atoms with E-state index in [-0.39, 0.29) is 23.6 Å². The Morgan fingerprint density at radius 3 is 2.35 bits per heavy atom. The predicted octanol–water partition coefficient (Wildman–Crippen LogP) is 5.15. The van der Waals surface area contributed by atoms with Gasteiger partial charge in [-0.25, -0.2) is 0 Å². The lowest BCUT2D eigenvalue weighted by molar-refractivity contribution is -0.0516. The molecular weight excluding hydrogens is 408 g/mol. The van der Waals surface area contributed by atoms with Crippen molar-refractivity contribution in [2.24, 2.45) is 0 Å². The van der Waals surface area contributed by atoms with E-state index in [0.717, 1.165) is 12.0 Å². The van der Waals surface area contributed by atoms with E-state index in [2.05, 4.69) is 4.74 Å². The Balaban J connectivity index is 2.33. The Morgan fingerprint density at radius 2 is 1.74 bits per heavy atom. The fraction of sp³-hybridized carbons (Fsp3) is 0.435. The van der Waals surface area contributed by atoms with E-state index in [9.17, 15) is 13.6 Å². The Kier molecular flexibility index (Phi) is 9.37. The van der Waals surface area contributed by atoms with Gasteiger partial charge in [-0.05, 0) is 42.7 Å². The fourth-order valence-corrected chi connectivity index (χ4v) is 3.11. The smallest absolute Gasteiger partial charge is 0.387 e. The molecule has 0 radical (unpaired) electrons. The lowest BCUT2D eigenvalue weighted by Crippen LogP contribution is -2.32. The number of halogens is 2. The maximum absolute atomic E-state index is 13.3. The van der Waals surface area contributed by atoms with Crippen molar-refractivity contribution in [3.05, 3.63) is 47.5 Å². The molecule has 0 aliphatic heterocycles. The number of methoxy groups -OCH3 is 2. The number of alkyl halides is 2. The summed E-state index contributed by atoms with van der Waals surface area (Å²) >= 11 is 0. The van der Waals surface area contributed by atoms with Gasteiger partial charge in [0.15, 0.2) is 23.0 Å². The van der Waals surface area contributed by atoms with Gasteiger partial charge in [-0.15, -0.1) is 0 Å². The molecule has 0 saturated carbocycles. The summed E-state index contributed by atoms with van der Waals surface area (Å²) in [5.41, 5.74) is 0.838. The Hall–Kier alpha value is -3.03. The zero-order valence-electron chi connectivity index (χ0n) is 18.3. The van der Waals surface area contributed by atoms with Crippen molar-refractivity contribution in [1.29, 1.82) is 0 Å². The summed E-state index contributed by atoms with van der Waals surface area (Å²) in [4.78, 5) is 14.8. The highest BCUT2D eigenvalue weighted by Crippen LogP contribution is 2.34. The van der Waals surface area contributed by atoms with Gasteiger partial charge in [-0.1, -0.05) is 26.0 Å². The van der Waals surface area contributed by atoms with Gasteiger partial charge in [-0.2, -0.15) is 8.78 Å². The number of hydrogen-bond acceptors (Lipinski definition) is 5. The van der Waals surface area contributed by atoms with Crippen molar-refractivity contribution in [2.75, 3.05) is 27.4 Å². The Bertz CT molecular complexity index is 860. The molecule has 0 heterocycles. The monoisotopic (exact) mass is 437 g/mol. The standard InChI is InChI=1S/C23H29F2NO5/c1-5-12-26(15-16-10-11-18(30-13-6-2)20(14-16)29-4)22(27)17-8-7-9-19(28-3)21(17)31-23(24)25/h7-11,14,23H,5-6,12-13,15H2,1-4H3. The van der Waals surface area contributed by atoms with E-state index in [1.807, 2.05) is 26.0 Å². The van der Waals surface area contributed by atoms with Crippen molar-refractivity contribution in [3.8, 4) is 23.0 Å². The number of carbonyl (C=O) groups excluding carboxylic acids is 1. The van der Waals surface area contributed by atoms with E-state index in [4.69, 9.17) is 14.2 Å². The van der Waals surface area contributed by atoms with Crippen LogP contribution >= 0.6 is 0 Å². The van der Waals surface area contributed by atoms with E-state index in [0.29, 0.717) is 31.1 Å². The van der Waals surface area contributed by atoms with Crippen LogP contribution in [0.5, 0.6) is 23.0 Å². The summed E-state index contributed by atoms with van der Waals surface area (Å²) in [5, 5.41) is 0. The highest BCUT2D eigenvalue weighted by molar-refractivity contribution is 5.97. The molecule has 31 heavy (non-hydrogen) atoms. The van der Waals surface area contributed by atoms with Crippen molar-refractivity contribution in [3.63, 3.8) is 0 Å². The summed E-state index contributed by atoms with van der Waals surface area (Å²) in [7, 11) is 2.89. The van der Waals surface area contributed by atoms with Gasteiger partial charge in [0, 0.05) is 13.1 Å². The van der Waals surface area contributed by atoms with E-state index >= 15 is 0 Å². The molecule has 0 atom stereocenters. The molecule has 0 aromatic heterocycles. The minimum Gasteiger partial charge on any atom is -0.493 e. The van der Waals surface area contributed by atoms with Crippen LogP contribution in [-0.4, -0.2) is 44.8 Å². The average Bonchev–Trinajstić information content (AvgIpc) is 2.77. The third-order valence-corrected chi connectivity index (χ3v) is 4.48. The average molecular weight is 437 g/mol. The van der Waals surface area contributed by atoms with Crippen molar-refractivity contribution in [2.45, 2.75) is 39.8 Å². The molecule has 0 bridgehead atoms. The SMILES string of the molecule is CCCOc1ccc(CN(CCC)C(=O)c2cccc(OC)c2OC(F)F)cc1OC. The van der Waals surface area contributed by atoms with Crippen LogP contribution in [0.1, 0.15) is 42.6 Å². The first-order chi connectivity index (χ1) is 14.9. The molecule has 2 aromatic rings.